The van der Waals surface area contributed by atoms with E-state index in [0.717, 1.165) is 168 Å². The molecule has 0 bridgehead atoms. The van der Waals surface area contributed by atoms with Crippen molar-refractivity contribution in [3.05, 3.63) is 477 Å². The highest BCUT2D eigenvalue weighted by molar-refractivity contribution is 5.99. The monoisotopic (exact) mass is 1460 g/mol. The van der Waals surface area contributed by atoms with Crippen LogP contribution < -0.4 is 19.3 Å². The molecule has 0 aromatic heterocycles. The molecule has 16 aromatic carbocycles. The van der Waals surface area contributed by atoms with Gasteiger partial charge in [0.25, 0.3) is 0 Å². The first-order valence-electron chi connectivity index (χ1n) is 38.6. The molecule has 0 saturated heterocycles. The SMILES string of the molecule is C=Cc1ccc(Oc2ccc(C3(c4cc(C)ccc4C)c4ccccc4-c4ccc(N(c5ccc(F)cc5)c5ccc6c(c5)C5(c7ccccc7-6)c6ccccc6-c6ccc(N(c7ccc(F)cc7)c7ccc8c(c7)C(c7ccc(Oc9ccc(C=C)cc9)cc7)(c7cc(C)ccc7C)c7ccccc7-8)cc65)cc43)cc2)cc1. The molecule has 0 amide bonds. The number of halogens is 2. The van der Waals surface area contributed by atoms with Gasteiger partial charge in [-0.1, -0.05) is 243 Å². The number of hydrogen-bond donors (Lipinski definition) is 0. The Balaban J connectivity index is 0.770. The van der Waals surface area contributed by atoms with Crippen molar-refractivity contribution in [3.8, 4) is 67.5 Å². The number of hydrogen-bond acceptors (Lipinski definition) is 4. The fraction of sp³-hybridized carbons (Fsp3) is 0.0654. The molecule has 0 aliphatic heterocycles. The van der Waals surface area contributed by atoms with Gasteiger partial charge in [0.05, 0.1) is 16.2 Å². The first kappa shape index (κ1) is 68.3. The molecule has 0 heterocycles. The van der Waals surface area contributed by atoms with Gasteiger partial charge < -0.3 is 19.3 Å². The Hall–Kier alpha value is -13.9. The van der Waals surface area contributed by atoms with Crippen LogP contribution in [0.4, 0.5) is 42.9 Å². The van der Waals surface area contributed by atoms with Crippen molar-refractivity contribution in [2.75, 3.05) is 9.80 Å². The molecule has 113 heavy (non-hydrogen) atoms. The maximum Gasteiger partial charge on any atom is 0.127 e. The van der Waals surface area contributed by atoms with Crippen LogP contribution in [0.5, 0.6) is 23.0 Å². The van der Waals surface area contributed by atoms with E-state index in [1.165, 1.54) is 33.4 Å². The van der Waals surface area contributed by atoms with Crippen LogP contribution in [0.1, 0.15) is 100 Å². The van der Waals surface area contributed by atoms with Gasteiger partial charge in [-0.2, -0.15) is 0 Å². The van der Waals surface area contributed by atoms with Crippen LogP contribution in [0.25, 0.3) is 56.7 Å². The van der Waals surface area contributed by atoms with Crippen molar-refractivity contribution in [1.29, 1.82) is 0 Å². The number of fused-ring (bicyclic) bond motifs is 16. The van der Waals surface area contributed by atoms with Crippen LogP contribution in [0.15, 0.2) is 365 Å². The van der Waals surface area contributed by atoms with Gasteiger partial charge in [-0.3, -0.25) is 0 Å². The molecule has 0 N–H and O–H groups in total. The van der Waals surface area contributed by atoms with Gasteiger partial charge in [0.15, 0.2) is 0 Å². The highest BCUT2D eigenvalue weighted by Crippen LogP contribution is 2.66. The van der Waals surface area contributed by atoms with E-state index in [4.69, 9.17) is 9.47 Å². The summed E-state index contributed by atoms with van der Waals surface area (Å²) in [4.78, 5) is 4.62. The van der Waals surface area contributed by atoms with E-state index in [1.54, 1.807) is 24.3 Å². The summed E-state index contributed by atoms with van der Waals surface area (Å²) >= 11 is 0. The normalized spacial score (nSPS) is 16.1. The topological polar surface area (TPSA) is 24.9 Å². The van der Waals surface area contributed by atoms with Gasteiger partial charge in [-0.15, -0.1) is 0 Å². The Kier molecular flexibility index (Phi) is 16.1. The van der Waals surface area contributed by atoms with Gasteiger partial charge in [-0.05, 0) is 307 Å². The molecule has 4 aliphatic rings. The molecule has 16 aromatic rings. The molecule has 1 spiro atoms. The van der Waals surface area contributed by atoms with Crippen LogP contribution in [-0.4, -0.2) is 0 Å². The number of rotatable bonds is 16. The Morgan fingerprint density at radius 2 is 0.513 bits per heavy atom. The van der Waals surface area contributed by atoms with E-state index in [1.807, 2.05) is 84.9 Å². The average molecular weight is 1460 g/mol. The fourth-order valence-electron chi connectivity index (χ4n) is 19.2. The lowest BCUT2D eigenvalue weighted by molar-refractivity contribution is 0.482. The molecular formula is C107H76F2N2O2. The lowest BCUT2D eigenvalue weighted by atomic mass is 9.66. The van der Waals surface area contributed by atoms with Crippen LogP contribution in [0.3, 0.4) is 0 Å². The van der Waals surface area contributed by atoms with E-state index in [2.05, 4.69) is 305 Å². The van der Waals surface area contributed by atoms with Crippen molar-refractivity contribution in [2.24, 2.45) is 0 Å². The molecular weight excluding hydrogens is 1380 g/mol. The fourth-order valence-corrected chi connectivity index (χ4v) is 19.2. The summed E-state index contributed by atoms with van der Waals surface area (Å²) in [7, 11) is 0. The van der Waals surface area contributed by atoms with Crippen LogP contribution in [0, 0.1) is 39.3 Å². The minimum absolute atomic E-state index is 0.324. The Labute approximate surface area is 658 Å². The zero-order valence-electron chi connectivity index (χ0n) is 63.0. The quantitative estimate of drug-likeness (QED) is 0.0963. The second kappa shape index (κ2) is 26.7. The summed E-state index contributed by atoms with van der Waals surface area (Å²) < 4.78 is 44.5. The standard InChI is InChI=1S/C107H76F2N2O2/c1-7-71-29-49-83(50-30-71)112-85-53-33-73(34-54-85)105(99-61-67(3)25-27-69(99)5)95-21-13-9-17-87(95)91-57-45-79(63-101(91)105)110(77-41-37-75(108)38-42-77)81-47-59-93-89-19-11-15-23-97(89)107(103(93)65-81)98-24-16-12-20-90(98)94-60-48-82(66-104(94)107)111(78-43-39-76(109)40-44-78)80-46-58-92-88-18-10-14-22-96(88)106(102(92)64-80,100-62-68(4)26-28-70(100)6)74-35-55-86(56-36-74)113-84-51-31-72(8-2)32-52-84/h7-66H,1-2H2,3-6H3. The first-order chi connectivity index (χ1) is 55.3. The largest absolute Gasteiger partial charge is 0.457 e. The van der Waals surface area contributed by atoms with Gasteiger partial charge in [0.2, 0.25) is 0 Å². The van der Waals surface area contributed by atoms with E-state index >= 15 is 8.78 Å². The lowest BCUT2D eigenvalue weighted by Gasteiger charge is -2.36. The minimum Gasteiger partial charge on any atom is -0.457 e. The third kappa shape index (κ3) is 10.6. The zero-order valence-corrected chi connectivity index (χ0v) is 63.0. The Bertz CT molecular complexity index is 6140. The first-order valence-corrected chi connectivity index (χ1v) is 38.6. The highest BCUT2D eigenvalue weighted by Gasteiger charge is 2.54. The maximum absolute atomic E-state index is 15.7. The smallest absolute Gasteiger partial charge is 0.127 e. The molecule has 2 atom stereocenters. The summed E-state index contributed by atoms with van der Waals surface area (Å²) in [6.07, 6.45) is 3.67. The predicted octanol–water partition coefficient (Wildman–Crippen LogP) is 28.1. The Morgan fingerprint density at radius 3 is 0.823 bits per heavy atom. The molecule has 0 saturated carbocycles. The van der Waals surface area contributed by atoms with E-state index < -0.39 is 16.2 Å². The van der Waals surface area contributed by atoms with Crippen molar-refractivity contribution in [2.45, 2.75) is 43.9 Å². The number of benzene rings is 16. The molecule has 0 radical (unpaired) electrons. The third-order valence-electron chi connectivity index (χ3n) is 24.2. The average Bonchev–Trinajstić information content (AvgIpc) is 1.54. The summed E-state index contributed by atoms with van der Waals surface area (Å²) in [6, 6.07) is 124. The second-order valence-electron chi connectivity index (χ2n) is 30.4. The summed E-state index contributed by atoms with van der Waals surface area (Å²) in [6.45, 7) is 16.7. The number of anilines is 6. The number of nitrogens with zero attached hydrogens (tertiary/aromatic N) is 2. The zero-order chi connectivity index (χ0) is 76.4. The molecule has 4 nitrogen and oxygen atoms in total. The molecule has 0 fully saturated rings. The van der Waals surface area contributed by atoms with E-state index in [0.29, 0.717) is 0 Å². The Morgan fingerprint density at radius 1 is 0.248 bits per heavy atom. The maximum atomic E-state index is 15.7. The summed E-state index contributed by atoms with van der Waals surface area (Å²) in [5, 5.41) is 0. The molecule has 540 valence electrons. The van der Waals surface area contributed by atoms with Crippen LogP contribution >= 0.6 is 0 Å². The van der Waals surface area contributed by atoms with Crippen LogP contribution in [-0.2, 0) is 16.2 Å². The summed E-state index contributed by atoms with van der Waals surface area (Å²) in [5.74, 6) is 2.28. The van der Waals surface area contributed by atoms with Crippen molar-refractivity contribution in [3.63, 3.8) is 0 Å². The lowest BCUT2D eigenvalue weighted by Crippen LogP contribution is -2.30. The van der Waals surface area contributed by atoms with Crippen molar-refractivity contribution < 1.29 is 18.3 Å². The van der Waals surface area contributed by atoms with E-state index in [-0.39, 0.29) is 11.6 Å². The van der Waals surface area contributed by atoms with Gasteiger partial charge in [-0.25, -0.2) is 8.78 Å². The molecule has 4 aliphatic carbocycles. The highest BCUT2D eigenvalue weighted by atomic mass is 19.1. The third-order valence-corrected chi connectivity index (χ3v) is 24.2. The molecule has 2 unspecified atom stereocenters. The van der Waals surface area contributed by atoms with Gasteiger partial charge >= 0.3 is 0 Å². The van der Waals surface area contributed by atoms with Gasteiger partial charge in [0, 0.05) is 34.1 Å². The minimum atomic E-state index is -0.864. The second-order valence-corrected chi connectivity index (χ2v) is 30.4. The van der Waals surface area contributed by atoms with Crippen LogP contribution in [0.2, 0.25) is 0 Å². The number of aryl methyl sites for hydroxylation is 4. The van der Waals surface area contributed by atoms with Gasteiger partial charge in [0.1, 0.15) is 34.6 Å². The number of ether oxygens (including phenoxy) is 2. The molecule has 20 rings (SSSR count). The molecule has 6 heteroatoms. The predicted molar refractivity (Wildman–Crippen MR) is 459 cm³/mol. The van der Waals surface area contributed by atoms with Crippen molar-refractivity contribution in [1.82, 2.24) is 0 Å². The van der Waals surface area contributed by atoms with E-state index in [9.17, 15) is 0 Å². The summed E-state index contributed by atoms with van der Waals surface area (Å²) in [5.41, 5.74) is 32.3. The van der Waals surface area contributed by atoms with Crippen molar-refractivity contribution >= 4 is 46.3 Å².